The fourth-order valence-corrected chi connectivity index (χ4v) is 2.38. The molecule has 0 aliphatic heterocycles. The molecule has 1 unspecified atom stereocenters. The molecule has 0 amide bonds. The molecule has 0 bridgehead atoms. The summed E-state index contributed by atoms with van der Waals surface area (Å²) in [5, 5.41) is 0. The summed E-state index contributed by atoms with van der Waals surface area (Å²) in [4.78, 5) is 12.4. The van der Waals surface area contributed by atoms with Gasteiger partial charge in [-0.3, -0.25) is 0 Å². The van der Waals surface area contributed by atoms with Crippen molar-refractivity contribution in [3.63, 3.8) is 0 Å². The second-order valence-electron chi connectivity index (χ2n) is 4.45. The molecular weight excluding hydrogens is 293 g/mol. The standard InChI is InChI=1S/C12H20N5O3P/c1-3-19-5-9(6-20-21-18-2)4-17-8-16-10-11(13)14-7-15-12(10)17/h7-9,21H,3-6H2,1-2H3,(H2,13,14,15)/t9-/m1/s1. The van der Waals surface area contributed by atoms with E-state index in [1.807, 2.05) is 11.5 Å². The minimum Gasteiger partial charge on any atom is -0.382 e. The molecule has 0 aliphatic carbocycles. The van der Waals surface area contributed by atoms with E-state index in [4.69, 9.17) is 19.5 Å². The van der Waals surface area contributed by atoms with Crippen molar-refractivity contribution in [1.82, 2.24) is 19.5 Å². The number of fused-ring (bicyclic) bond motifs is 1. The Balaban J connectivity index is 2.08. The Labute approximate surface area is 125 Å². The number of nitrogen functional groups attached to an aromatic ring is 1. The Morgan fingerprint density at radius 3 is 2.95 bits per heavy atom. The molecule has 0 spiro atoms. The van der Waals surface area contributed by atoms with Crippen LogP contribution in [-0.4, -0.2) is 46.4 Å². The summed E-state index contributed by atoms with van der Waals surface area (Å²) in [5.41, 5.74) is 7.13. The third-order valence-corrected chi connectivity index (χ3v) is 3.35. The molecule has 2 aromatic rings. The number of nitrogens with zero attached hydrogens (tertiary/aromatic N) is 4. The van der Waals surface area contributed by atoms with Crippen LogP contribution in [0, 0.1) is 5.92 Å². The highest BCUT2D eigenvalue weighted by molar-refractivity contribution is 7.26. The molecule has 2 N–H and O–H groups in total. The number of nitrogens with two attached hydrogens (primary N) is 1. The molecular formula is C12H20N5O3P. The highest BCUT2D eigenvalue weighted by Gasteiger charge is 2.14. The Bertz CT molecular complexity index is 565. The van der Waals surface area contributed by atoms with Crippen molar-refractivity contribution in [2.75, 3.05) is 32.7 Å². The normalized spacial score (nSPS) is 13.4. The first-order valence-electron chi connectivity index (χ1n) is 6.65. The largest absolute Gasteiger partial charge is 0.382 e. The lowest BCUT2D eigenvalue weighted by molar-refractivity contribution is 0.0806. The summed E-state index contributed by atoms with van der Waals surface area (Å²) in [6, 6.07) is 0. The predicted molar refractivity (Wildman–Crippen MR) is 81.0 cm³/mol. The van der Waals surface area contributed by atoms with Crippen LogP contribution in [0.4, 0.5) is 5.82 Å². The first-order valence-corrected chi connectivity index (χ1v) is 7.46. The van der Waals surface area contributed by atoms with Gasteiger partial charge in [-0.1, -0.05) is 0 Å². The topological polar surface area (TPSA) is 97.3 Å². The summed E-state index contributed by atoms with van der Waals surface area (Å²) in [7, 11) is 1.64. The number of rotatable bonds is 9. The van der Waals surface area contributed by atoms with Gasteiger partial charge >= 0.3 is 0 Å². The van der Waals surface area contributed by atoms with Crippen molar-refractivity contribution in [1.29, 1.82) is 0 Å². The molecule has 0 radical (unpaired) electrons. The van der Waals surface area contributed by atoms with Gasteiger partial charge < -0.3 is 24.1 Å². The number of ether oxygens (including phenoxy) is 1. The maximum atomic E-state index is 5.79. The van der Waals surface area contributed by atoms with Crippen LogP contribution in [0.5, 0.6) is 0 Å². The monoisotopic (exact) mass is 313 g/mol. The molecule has 8 nitrogen and oxygen atoms in total. The maximum absolute atomic E-state index is 5.79. The van der Waals surface area contributed by atoms with Gasteiger partial charge in [-0.2, -0.15) is 0 Å². The van der Waals surface area contributed by atoms with Crippen LogP contribution in [0.3, 0.4) is 0 Å². The van der Waals surface area contributed by atoms with Crippen molar-refractivity contribution in [2.45, 2.75) is 13.5 Å². The van der Waals surface area contributed by atoms with Crippen LogP contribution in [0.25, 0.3) is 11.2 Å². The highest BCUT2D eigenvalue weighted by atomic mass is 31.1. The van der Waals surface area contributed by atoms with Crippen LogP contribution >= 0.6 is 9.03 Å². The minimum absolute atomic E-state index is 0.0342. The van der Waals surface area contributed by atoms with Gasteiger partial charge in [0.1, 0.15) is 11.8 Å². The Hall–Kier alpha value is -1.34. The van der Waals surface area contributed by atoms with E-state index in [9.17, 15) is 0 Å². The molecule has 0 fully saturated rings. The molecule has 0 aromatic carbocycles. The quantitative estimate of drug-likeness (QED) is 0.549. The fourth-order valence-electron chi connectivity index (χ4n) is 1.96. The minimum atomic E-state index is 0.0342. The lowest BCUT2D eigenvalue weighted by atomic mass is 10.2. The van der Waals surface area contributed by atoms with Gasteiger partial charge in [0.25, 0.3) is 0 Å². The van der Waals surface area contributed by atoms with Gasteiger partial charge in [-0.25, -0.2) is 15.0 Å². The number of imidazole rings is 1. The SMILES string of the molecule is CCOC[C@H](COPOC)Cn1cnc2c(N)ncnc21. The van der Waals surface area contributed by atoms with Crippen LogP contribution in [0.15, 0.2) is 12.7 Å². The van der Waals surface area contributed by atoms with E-state index >= 15 is 0 Å². The van der Waals surface area contributed by atoms with Gasteiger partial charge in [-0.15, -0.1) is 0 Å². The summed E-state index contributed by atoms with van der Waals surface area (Å²) in [6.45, 7) is 4.47. The zero-order valence-electron chi connectivity index (χ0n) is 12.2. The van der Waals surface area contributed by atoms with Crippen LogP contribution in [0.1, 0.15) is 6.92 Å². The van der Waals surface area contributed by atoms with Gasteiger partial charge in [0.2, 0.25) is 0 Å². The van der Waals surface area contributed by atoms with Crippen molar-refractivity contribution in [2.24, 2.45) is 5.92 Å². The van der Waals surface area contributed by atoms with Crippen molar-refractivity contribution in [3.05, 3.63) is 12.7 Å². The average Bonchev–Trinajstić information content (AvgIpc) is 2.89. The number of anilines is 1. The summed E-state index contributed by atoms with van der Waals surface area (Å²) < 4.78 is 17.8. The lowest BCUT2D eigenvalue weighted by Crippen LogP contribution is -2.21. The average molecular weight is 313 g/mol. The third-order valence-electron chi connectivity index (χ3n) is 2.90. The summed E-state index contributed by atoms with van der Waals surface area (Å²) in [5.74, 6) is 0.568. The number of hydrogen-bond donors (Lipinski definition) is 1. The third kappa shape index (κ3) is 4.31. The molecule has 9 heteroatoms. The first kappa shape index (κ1) is 16.0. The molecule has 0 aliphatic rings. The predicted octanol–water partition coefficient (Wildman–Crippen LogP) is 1.23. The van der Waals surface area contributed by atoms with E-state index < -0.39 is 0 Å². The van der Waals surface area contributed by atoms with Gasteiger partial charge in [0.05, 0.1) is 19.5 Å². The Kier molecular flexibility index (Phi) is 6.25. The fraction of sp³-hybridized carbons (Fsp3) is 0.583. The molecule has 2 heterocycles. The molecule has 2 rings (SSSR count). The molecule has 116 valence electrons. The van der Waals surface area contributed by atoms with Crippen molar-refractivity contribution < 1.29 is 13.8 Å². The van der Waals surface area contributed by atoms with E-state index in [0.29, 0.717) is 37.7 Å². The van der Waals surface area contributed by atoms with Gasteiger partial charge in [0, 0.05) is 26.2 Å². The lowest BCUT2D eigenvalue weighted by Gasteiger charge is -2.17. The number of hydrogen-bond acceptors (Lipinski definition) is 7. The van der Waals surface area contributed by atoms with Crippen molar-refractivity contribution in [3.8, 4) is 0 Å². The van der Waals surface area contributed by atoms with Crippen LogP contribution in [0.2, 0.25) is 0 Å². The Morgan fingerprint density at radius 1 is 1.33 bits per heavy atom. The smallest absolute Gasteiger partial charge is 0.165 e. The van der Waals surface area contributed by atoms with Crippen LogP contribution < -0.4 is 5.73 Å². The molecule has 2 atom stereocenters. The second kappa shape index (κ2) is 8.19. The van der Waals surface area contributed by atoms with Gasteiger partial charge in [0.15, 0.2) is 20.5 Å². The highest BCUT2D eigenvalue weighted by Crippen LogP contribution is 2.18. The first-order chi connectivity index (χ1) is 10.3. The zero-order chi connectivity index (χ0) is 15.1. The van der Waals surface area contributed by atoms with Gasteiger partial charge in [-0.05, 0) is 6.92 Å². The van der Waals surface area contributed by atoms with E-state index in [1.165, 1.54) is 6.33 Å². The Morgan fingerprint density at radius 2 is 2.19 bits per heavy atom. The van der Waals surface area contributed by atoms with E-state index in [2.05, 4.69) is 15.0 Å². The molecule has 21 heavy (non-hydrogen) atoms. The van der Waals surface area contributed by atoms with E-state index in [1.54, 1.807) is 13.4 Å². The number of aromatic nitrogens is 4. The maximum Gasteiger partial charge on any atom is 0.165 e. The van der Waals surface area contributed by atoms with Crippen LogP contribution in [-0.2, 0) is 20.3 Å². The molecule has 0 saturated carbocycles. The molecule has 2 aromatic heterocycles. The van der Waals surface area contributed by atoms with E-state index in [0.717, 1.165) is 5.65 Å². The van der Waals surface area contributed by atoms with E-state index in [-0.39, 0.29) is 15.0 Å². The van der Waals surface area contributed by atoms with Crippen molar-refractivity contribution >= 4 is 26.0 Å². The summed E-state index contributed by atoms with van der Waals surface area (Å²) >= 11 is 0. The molecule has 0 saturated heterocycles. The second-order valence-corrected chi connectivity index (χ2v) is 5.32. The zero-order valence-corrected chi connectivity index (χ0v) is 13.2. The summed E-state index contributed by atoms with van der Waals surface area (Å²) in [6.07, 6.45) is 3.16.